The Morgan fingerprint density at radius 1 is 1.10 bits per heavy atom. The van der Waals surface area contributed by atoms with Crippen molar-refractivity contribution in [1.82, 2.24) is 5.32 Å². The maximum Gasteiger partial charge on any atom is 0.335 e. The molecule has 1 heterocycles. The van der Waals surface area contributed by atoms with E-state index in [0.717, 1.165) is 21.6 Å². The van der Waals surface area contributed by atoms with Crippen LogP contribution in [0.4, 0.5) is 10.5 Å². The number of aryl methyl sites for hydroxylation is 2. The van der Waals surface area contributed by atoms with Crippen LogP contribution in [-0.4, -0.2) is 25.0 Å². The first-order valence-electron chi connectivity index (χ1n) is 9.22. The Balaban J connectivity index is 2.07. The van der Waals surface area contributed by atoms with E-state index in [1.54, 1.807) is 31.4 Å². The molecule has 0 aromatic heterocycles. The van der Waals surface area contributed by atoms with E-state index in [4.69, 9.17) is 4.74 Å². The Hall–Kier alpha value is -3.19. The van der Waals surface area contributed by atoms with Crippen molar-refractivity contribution in [3.05, 3.63) is 75.3 Å². The van der Waals surface area contributed by atoms with Gasteiger partial charge in [-0.2, -0.15) is 0 Å². The standard InChI is InChI=1S/C23H21BrN2O4/c1-5-6-16-10-15(12-19(24)20(16)30-4)11-18-21(27)25-23(29)26(22(18)28)17-8-13(2)7-14(3)9-17/h5,7-12H,1,6H2,2-4H3,(H,25,27,29)/b18-11+. The number of hydrogen-bond donors (Lipinski definition) is 1. The second kappa shape index (κ2) is 8.67. The Bertz CT molecular complexity index is 1080. The number of urea groups is 1. The molecule has 2 aromatic rings. The molecular formula is C23H21BrN2O4. The Morgan fingerprint density at radius 2 is 1.77 bits per heavy atom. The van der Waals surface area contributed by atoms with Crippen molar-refractivity contribution in [2.75, 3.05) is 12.0 Å². The van der Waals surface area contributed by atoms with E-state index in [9.17, 15) is 14.4 Å². The van der Waals surface area contributed by atoms with Gasteiger partial charge in [-0.05, 0) is 88.8 Å². The first-order chi connectivity index (χ1) is 14.2. The molecule has 7 heteroatoms. The Kier molecular flexibility index (Phi) is 6.22. The Labute approximate surface area is 183 Å². The van der Waals surface area contributed by atoms with Gasteiger partial charge in [0.25, 0.3) is 11.8 Å². The second-order valence-corrected chi connectivity index (χ2v) is 7.85. The van der Waals surface area contributed by atoms with E-state index < -0.39 is 17.8 Å². The molecule has 0 unspecified atom stereocenters. The SMILES string of the molecule is C=CCc1cc(/C=C2\C(=O)NC(=O)N(c3cc(C)cc(C)c3)C2=O)cc(Br)c1OC. The number of carbonyl (C=O) groups is 3. The largest absolute Gasteiger partial charge is 0.495 e. The molecule has 0 radical (unpaired) electrons. The highest BCUT2D eigenvalue weighted by atomic mass is 79.9. The average molecular weight is 469 g/mol. The van der Waals surface area contributed by atoms with Gasteiger partial charge >= 0.3 is 6.03 Å². The number of rotatable bonds is 5. The maximum atomic E-state index is 13.1. The summed E-state index contributed by atoms with van der Waals surface area (Å²) in [5.41, 5.74) is 3.56. The fourth-order valence-corrected chi connectivity index (χ4v) is 4.11. The molecule has 6 nitrogen and oxygen atoms in total. The van der Waals surface area contributed by atoms with E-state index >= 15 is 0 Å². The normalized spacial score (nSPS) is 15.4. The monoisotopic (exact) mass is 468 g/mol. The van der Waals surface area contributed by atoms with Crippen molar-refractivity contribution in [2.45, 2.75) is 20.3 Å². The van der Waals surface area contributed by atoms with Gasteiger partial charge in [-0.15, -0.1) is 6.58 Å². The van der Waals surface area contributed by atoms with Crippen LogP contribution in [-0.2, 0) is 16.0 Å². The van der Waals surface area contributed by atoms with Crippen LogP contribution in [0.5, 0.6) is 5.75 Å². The highest BCUT2D eigenvalue weighted by molar-refractivity contribution is 9.10. The molecule has 0 aliphatic carbocycles. The molecule has 2 aromatic carbocycles. The summed E-state index contributed by atoms with van der Waals surface area (Å²) >= 11 is 3.46. The summed E-state index contributed by atoms with van der Waals surface area (Å²) in [5.74, 6) is -0.752. The van der Waals surface area contributed by atoms with Gasteiger partial charge in [0.15, 0.2) is 0 Å². The molecule has 0 spiro atoms. The molecule has 0 bridgehead atoms. The van der Waals surface area contributed by atoms with Gasteiger partial charge in [0.05, 0.1) is 17.3 Å². The van der Waals surface area contributed by atoms with E-state index in [2.05, 4.69) is 27.8 Å². The minimum Gasteiger partial charge on any atom is -0.495 e. The van der Waals surface area contributed by atoms with Crippen molar-refractivity contribution in [2.24, 2.45) is 0 Å². The topological polar surface area (TPSA) is 75.7 Å². The predicted octanol–water partition coefficient (Wildman–Crippen LogP) is 4.47. The van der Waals surface area contributed by atoms with E-state index in [0.29, 0.717) is 27.9 Å². The van der Waals surface area contributed by atoms with Crippen molar-refractivity contribution >= 4 is 45.5 Å². The summed E-state index contributed by atoms with van der Waals surface area (Å²) in [6, 6.07) is 8.19. The number of ether oxygens (including phenoxy) is 1. The van der Waals surface area contributed by atoms with Crippen LogP contribution in [0, 0.1) is 13.8 Å². The lowest BCUT2D eigenvalue weighted by atomic mass is 10.0. The summed E-state index contributed by atoms with van der Waals surface area (Å²) in [7, 11) is 1.57. The number of halogens is 1. The molecule has 0 atom stereocenters. The molecule has 1 aliphatic heterocycles. The number of anilines is 1. The smallest absolute Gasteiger partial charge is 0.335 e. The van der Waals surface area contributed by atoms with Crippen molar-refractivity contribution in [3.63, 3.8) is 0 Å². The van der Waals surface area contributed by atoms with Crippen molar-refractivity contribution in [3.8, 4) is 5.75 Å². The lowest BCUT2D eigenvalue weighted by molar-refractivity contribution is -0.122. The summed E-state index contributed by atoms with van der Waals surface area (Å²) in [6.45, 7) is 7.50. The Morgan fingerprint density at radius 3 is 2.37 bits per heavy atom. The van der Waals surface area contributed by atoms with Gasteiger partial charge in [0.1, 0.15) is 11.3 Å². The fourth-order valence-electron chi connectivity index (χ4n) is 3.43. The van der Waals surface area contributed by atoms with Crippen LogP contribution in [0.25, 0.3) is 6.08 Å². The number of carbonyl (C=O) groups excluding carboxylic acids is 3. The minimum atomic E-state index is -0.768. The summed E-state index contributed by atoms with van der Waals surface area (Å²) in [4.78, 5) is 39.0. The predicted molar refractivity (Wildman–Crippen MR) is 120 cm³/mol. The first-order valence-corrected chi connectivity index (χ1v) is 10.0. The molecule has 154 valence electrons. The van der Waals surface area contributed by atoms with Gasteiger partial charge in [0, 0.05) is 0 Å². The maximum absolute atomic E-state index is 13.1. The molecule has 1 aliphatic rings. The van der Waals surface area contributed by atoms with Crippen LogP contribution >= 0.6 is 15.9 Å². The van der Waals surface area contributed by atoms with E-state index in [-0.39, 0.29) is 5.57 Å². The summed E-state index contributed by atoms with van der Waals surface area (Å²) < 4.78 is 6.10. The zero-order valence-corrected chi connectivity index (χ0v) is 18.5. The molecule has 4 amide bonds. The van der Waals surface area contributed by atoms with Crippen LogP contribution in [0.15, 0.2) is 53.0 Å². The number of amides is 4. The lowest BCUT2D eigenvalue weighted by Crippen LogP contribution is -2.54. The fraction of sp³-hybridized carbons (Fsp3) is 0.174. The third-order valence-electron chi connectivity index (χ3n) is 4.59. The van der Waals surface area contributed by atoms with E-state index in [1.807, 2.05) is 26.0 Å². The van der Waals surface area contributed by atoms with Crippen LogP contribution in [0.2, 0.25) is 0 Å². The average Bonchev–Trinajstić information content (AvgIpc) is 2.64. The third kappa shape index (κ3) is 4.21. The third-order valence-corrected chi connectivity index (χ3v) is 5.18. The molecule has 3 rings (SSSR count). The van der Waals surface area contributed by atoms with Gasteiger partial charge in [-0.1, -0.05) is 12.1 Å². The zero-order chi connectivity index (χ0) is 22.0. The number of benzene rings is 2. The van der Waals surface area contributed by atoms with Gasteiger partial charge in [-0.25, -0.2) is 9.69 Å². The van der Waals surface area contributed by atoms with Crippen molar-refractivity contribution < 1.29 is 19.1 Å². The quantitative estimate of drug-likeness (QED) is 0.399. The number of barbiturate groups is 1. The van der Waals surface area contributed by atoms with Gasteiger partial charge < -0.3 is 4.74 Å². The number of nitrogens with one attached hydrogen (secondary N) is 1. The second-order valence-electron chi connectivity index (χ2n) is 6.99. The van der Waals surface area contributed by atoms with Crippen molar-refractivity contribution in [1.29, 1.82) is 0 Å². The van der Waals surface area contributed by atoms with Crippen LogP contribution < -0.4 is 15.0 Å². The molecule has 1 N–H and O–H groups in total. The van der Waals surface area contributed by atoms with Gasteiger partial charge in [0.2, 0.25) is 0 Å². The molecule has 30 heavy (non-hydrogen) atoms. The molecule has 1 saturated heterocycles. The number of hydrogen-bond acceptors (Lipinski definition) is 4. The highest BCUT2D eigenvalue weighted by Gasteiger charge is 2.37. The number of allylic oxidation sites excluding steroid dienone is 1. The lowest BCUT2D eigenvalue weighted by Gasteiger charge is -2.27. The summed E-state index contributed by atoms with van der Waals surface area (Å²) in [5, 5.41) is 2.25. The molecular weight excluding hydrogens is 448 g/mol. The van der Waals surface area contributed by atoms with Crippen LogP contribution in [0.3, 0.4) is 0 Å². The highest BCUT2D eigenvalue weighted by Crippen LogP contribution is 2.32. The minimum absolute atomic E-state index is 0.129. The van der Waals surface area contributed by atoms with E-state index in [1.165, 1.54) is 6.08 Å². The number of methoxy groups -OCH3 is 1. The molecule has 1 fully saturated rings. The number of nitrogens with zero attached hydrogens (tertiary/aromatic N) is 1. The zero-order valence-electron chi connectivity index (χ0n) is 16.9. The van der Waals surface area contributed by atoms with Crippen LogP contribution in [0.1, 0.15) is 22.3 Å². The number of imide groups is 2. The van der Waals surface area contributed by atoms with Gasteiger partial charge in [-0.3, -0.25) is 14.9 Å². The first kappa shape index (κ1) is 21.5. The summed E-state index contributed by atoms with van der Waals surface area (Å²) in [6.07, 6.45) is 3.75. The molecule has 0 saturated carbocycles.